The van der Waals surface area contributed by atoms with Gasteiger partial charge in [-0.05, 0) is 18.1 Å². The topological polar surface area (TPSA) is 89.3 Å². The fourth-order valence-corrected chi connectivity index (χ4v) is 2.77. The molecule has 1 atom stereocenters. The number of nitriles is 1. The van der Waals surface area contributed by atoms with Crippen molar-refractivity contribution >= 4 is 11.0 Å². The molecule has 0 spiro atoms. The van der Waals surface area contributed by atoms with Gasteiger partial charge in [-0.2, -0.15) is 5.26 Å². The van der Waals surface area contributed by atoms with E-state index in [0.717, 1.165) is 0 Å². The van der Waals surface area contributed by atoms with Crippen molar-refractivity contribution < 1.29 is 9.15 Å². The van der Waals surface area contributed by atoms with Crippen LogP contribution in [0.5, 0.6) is 5.75 Å². The first-order chi connectivity index (χ1) is 10.0. The van der Waals surface area contributed by atoms with E-state index in [1.807, 2.05) is 19.9 Å². The van der Waals surface area contributed by atoms with Gasteiger partial charge in [-0.1, -0.05) is 26.0 Å². The van der Waals surface area contributed by atoms with Gasteiger partial charge in [-0.3, -0.25) is 0 Å². The predicted molar refractivity (Wildman–Crippen MR) is 77.5 cm³/mol. The van der Waals surface area contributed by atoms with Crippen molar-refractivity contribution in [1.29, 1.82) is 5.26 Å². The lowest BCUT2D eigenvalue weighted by Crippen LogP contribution is -2.28. The Hall–Kier alpha value is -2.74. The number of nitrogens with zero attached hydrogens (tertiary/aromatic N) is 1. The Morgan fingerprint density at radius 3 is 2.71 bits per heavy atom. The van der Waals surface area contributed by atoms with Gasteiger partial charge < -0.3 is 14.9 Å². The lowest BCUT2D eigenvalue weighted by Gasteiger charge is -2.27. The summed E-state index contributed by atoms with van der Waals surface area (Å²) in [5.41, 5.74) is 6.48. The molecule has 1 aliphatic rings. The zero-order valence-corrected chi connectivity index (χ0v) is 11.7. The molecule has 0 saturated carbocycles. The zero-order chi connectivity index (χ0) is 15.1. The highest BCUT2D eigenvalue weighted by molar-refractivity contribution is 5.85. The fourth-order valence-electron chi connectivity index (χ4n) is 2.77. The van der Waals surface area contributed by atoms with Crippen LogP contribution in [0.25, 0.3) is 11.0 Å². The number of para-hydroxylation sites is 1. The van der Waals surface area contributed by atoms with Gasteiger partial charge in [0, 0.05) is 5.92 Å². The Morgan fingerprint density at radius 1 is 1.33 bits per heavy atom. The molecule has 2 N–H and O–H groups in total. The maximum absolute atomic E-state index is 12.3. The molecule has 0 fully saturated rings. The second kappa shape index (κ2) is 4.67. The SMILES string of the molecule is CC(C)[C@@H]1C(C#N)=C(N)Oc2c1c(=O)oc1ccccc21. The van der Waals surface area contributed by atoms with Gasteiger partial charge in [0.2, 0.25) is 5.88 Å². The number of ether oxygens (including phenoxy) is 1. The molecule has 0 aliphatic carbocycles. The van der Waals surface area contributed by atoms with Crippen LogP contribution in [0.3, 0.4) is 0 Å². The first kappa shape index (κ1) is 13.3. The van der Waals surface area contributed by atoms with Gasteiger partial charge in [0.25, 0.3) is 0 Å². The molecule has 3 rings (SSSR count). The molecule has 106 valence electrons. The Kier molecular flexibility index (Phi) is 2.95. The molecule has 2 aromatic rings. The van der Waals surface area contributed by atoms with Crippen LogP contribution in [0.4, 0.5) is 0 Å². The van der Waals surface area contributed by atoms with Gasteiger partial charge in [0.05, 0.1) is 16.5 Å². The molecule has 5 nitrogen and oxygen atoms in total. The molecule has 0 radical (unpaired) electrons. The number of rotatable bonds is 1. The molecule has 2 heterocycles. The summed E-state index contributed by atoms with van der Waals surface area (Å²) in [7, 11) is 0. The van der Waals surface area contributed by atoms with Crippen molar-refractivity contribution in [3.05, 3.63) is 51.7 Å². The van der Waals surface area contributed by atoms with Crippen LogP contribution in [0.1, 0.15) is 25.3 Å². The highest BCUT2D eigenvalue weighted by atomic mass is 16.5. The van der Waals surface area contributed by atoms with Gasteiger partial charge >= 0.3 is 5.63 Å². The molecule has 0 bridgehead atoms. The summed E-state index contributed by atoms with van der Waals surface area (Å²) >= 11 is 0. The van der Waals surface area contributed by atoms with Gasteiger partial charge in [0.15, 0.2) is 5.75 Å². The van der Waals surface area contributed by atoms with Crippen molar-refractivity contribution in [1.82, 2.24) is 0 Å². The normalized spacial score (nSPS) is 17.5. The van der Waals surface area contributed by atoms with Crippen molar-refractivity contribution in [2.75, 3.05) is 0 Å². The third kappa shape index (κ3) is 1.88. The van der Waals surface area contributed by atoms with Crippen LogP contribution in [0.2, 0.25) is 0 Å². The predicted octanol–water partition coefficient (Wildman–Crippen LogP) is 2.62. The molecule has 1 aromatic carbocycles. The zero-order valence-electron chi connectivity index (χ0n) is 11.7. The molecule has 1 aliphatic heterocycles. The number of allylic oxidation sites excluding steroid dienone is 1. The molecule has 0 saturated heterocycles. The summed E-state index contributed by atoms with van der Waals surface area (Å²) in [6.07, 6.45) is 0. The van der Waals surface area contributed by atoms with E-state index in [0.29, 0.717) is 22.3 Å². The standard InChI is InChI=1S/C16H14N2O3/c1-8(2)12-10(7-17)15(18)21-14-9-5-3-4-6-11(9)20-16(19)13(12)14/h3-6,8,12H,18H2,1-2H3/t12-/m1/s1. The van der Waals surface area contributed by atoms with Crippen molar-refractivity contribution in [3.63, 3.8) is 0 Å². The van der Waals surface area contributed by atoms with E-state index in [2.05, 4.69) is 6.07 Å². The lowest BCUT2D eigenvalue weighted by atomic mass is 9.81. The highest BCUT2D eigenvalue weighted by Gasteiger charge is 2.35. The Labute approximate surface area is 121 Å². The maximum atomic E-state index is 12.3. The number of hydrogen-bond acceptors (Lipinski definition) is 5. The van der Waals surface area contributed by atoms with E-state index < -0.39 is 11.5 Å². The summed E-state index contributed by atoms with van der Waals surface area (Å²) in [5, 5.41) is 9.99. The second-order valence-electron chi connectivity index (χ2n) is 5.34. The number of hydrogen-bond donors (Lipinski definition) is 1. The van der Waals surface area contributed by atoms with E-state index >= 15 is 0 Å². The van der Waals surface area contributed by atoms with Crippen molar-refractivity contribution in [2.45, 2.75) is 19.8 Å². The van der Waals surface area contributed by atoms with Crippen LogP contribution in [0.15, 0.2) is 44.9 Å². The van der Waals surface area contributed by atoms with Crippen LogP contribution < -0.4 is 16.1 Å². The van der Waals surface area contributed by atoms with E-state index in [1.54, 1.807) is 18.2 Å². The second-order valence-corrected chi connectivity index (χ2v) is 5.34. The Morgan fingerprint density at radius 2 is 2.05 bits per heavy atom. The minimum absolute atomic E-state index is 0.0184. The van der Waals surface area contributed by atoms with Crippen LogP contribution in [-0.4, -0.2) is 0 Å². The van der Waals surface area contributed by atoms with Gasteiger partial charge in [-0.15, -0.1) is 0 Å². The molecule has 0 unspecified atom stereocenters. The van der Waals surface area contributed by atoms with Crippen molar-refractivity contribution in [3.8, 4) is 11.8 Å². The Bertz CT molecular complexity index is 856. The largest absolute Gasteiger partial charge is 0.439 e. The highest BCUT2D eigenvalue weighted by Crippen LogP contribution is 2.43. The molecular weight excluding hydrogens is 268 g/mol. The van der Waals surface area contributed by atoms with Gasteiger partial charge in [-0.25, -0.2) is 4.79 Å². The molecule has 5 heteroatoms. The average Bonchev–Trinajstić information content (AvgIpc) is 2.45. The van der Waals surface area contributed by atoms with E-state index in [-0.39, 0.29) is 17.4 Å². The fraction of sp³-hybridized carbons (Fsp3) is 0.250. The molecule has 21 heavy (non-hydrogen) atoms. The van der Waals surface area contributed by atoms with Crippen LogP contribution in [-0.2, 0) is 0 Å². The summed E-state index contributed by atoms with van der Waals surface area (Å²) in [6, 6.07) is 9.16. The maximum Gasteiger partial charge on any atom is 0.343 e. The smallest absolute Gasteiger partial charge is 0.343 e. The van der Waals surface area contributed by atoms with Crippen LogP contribution >= 0.6 is 0 Å². The Balaban J connectivity index is 2.41. The summed E-state index contributed by atoms with van der Waals surface area (Å²) < 4.78 is 10.9. The third-order valence-electron chi connectivity index (χ3n) is 3.69. The van der Waals surface area contributed by atoms with E-state index in [1.165, 1.54) is 0 Å². The third-order valence-corrected chi connectivity index (χ3v) is 3.69. The summed E-state index contributed by atoms with van der Waals surface area (Å²) in [6.45, 7) is 3.86. The molecular formula is C16H14N2O3. The summed E-state index contributed by atoms with van der Waals surface area (Å²) in [4.78, 5) is 12.3. The van der Waals surface area contributed by atoms with E-state index in [9.17, 15) is 10.1 Å². The first-order valence-corrected chi connectivity index (χ1v) is 6.68. The summed E-state index contributed by atoms with van der Waals surface area (Å²) in [5.74, 6) is 0.0565. The quantitative estimate of drug-likeness (QED) is 0.812. The average molecular weight is 282 g/mol. The monoisotopic (exact) mass is 282 g/mol. The van der Waals surface area contributed by atoms with Crippen LogP contribution in [0, 0.1) is 17.2 Å². The molecule has 0 amide bonds. The molecule has 1 aromatic heterocycles. The van der Waals surface area contributed by atoms with E-state index in [4.69, 9.17) is 14.9 Å². The van der Waals surface area contributed by atoms with Gasteiger partial charge in [0.1, 0.15) is 11.7 Å². The minimum atomic E-state index is -0.484. The number of benzene rings is 1. The number of nitrogens with two attached hydrogens (primary N) is 1. The lowest BCUT2D eigenvalue weighted by molar-refractivity contribution is 0.364. The number of fused-ring (bicyclic) bond motifs is 3. The first-order valence-electron chi connectivity index (χ1n) is 6.68. The minimum Gasteiger partial charge on any atom is -0.439 e. The van der Waals surface area contributed by atoms with Crippen molar-refractivity contribution in [2.24, 2.45) is 11.7 Å².